The van der Waals surface area contributed by atoms with Crippen molar-refractivity contribution >= 4 is 6.09 Å². The van der Waals surface area contributed by atoms with E-state index in [1.807, 2.05) is 0 Å². The van der Waals surface area contributed by atoms with E-state index in [2.05, 4.69) is 5.32 Å². The molecule has 0 aliphatic carbocycles. The second-order valence-corrected chi connectivity index (χ2v) is 5.44. The molecular formula is C12H24F2N2O2. The zero-order chi connectivity index (χ0) is 14.4. The van der Waals surface area contributed by atoms with Crippen LogP contribution >= 0.6 is 0 Å². The van der Waals surface area contributed by atoms with Crippen molar-refractivity contribution in [2.45, 2.75) is 64.5 Å². The molecule has 1 unspecified atom stereocenters. The van der Waals surface area contributed by atoms with E-state index in [1.165, 1.54) is 6.92 Å². The van der Waals surface area contributed by atoms with E-state index in [-0.39, 0.29) is 6.42 Å². The minimum absolute atomic E-state index is 0.263. The summed E-state index contributed by atoms with van der Waals surface area (Å²) in [5.41, 5.74) is 4.61. The molecule has 18 heavy (non-hydrogen) atoms. The number of ether oxygens (including phenoxy) is 1. The van der Waals surface area contributed by atoms with Crippen molar-refractivity contribution in [1.29, 1.82) is 0 Å². The summed E-state index contributed by atoms with van der Waals surface area (Å²) in [6, 6.07) is -1.14. The van der Waals surface area contributed by atoms with Crippen LogP contribution in [0.3, 0.4) is 0 Å². The fourth-order valence-corrected chi connectivity index (χ4v) is 1.22. The Bertz CT molecular complexity index is 263. The molecule has 6 heteroatoms. The van der Waals surface area contributed by atoms with Crippen molar-refractivity contribution < 1.29 is 18.3 Å². The van der Waals surface area contributed by atoms with Gasteiger partial charge in [0, 0.05) is 13.0 Å². The van der Waals surface area contributed by atoms with E-state index < -0.39 is 23.7 Å². The number of alkyl carbamates (subject to hydrolysis) is 1. The van der Waals surface area contributed by atoms with Gasteiger partial charge in [-0.3, -0.25) is 0 Å². The zero-order valence-corrected chi connectivity index (χ0v) is 11.6. The third kappa shape index (κ3) is 8.22. The van der Waals surface area contributed by atoms with Gasteiger partial charge in [0.2, 0.25) is 0 Å². The lowest BCUT2D eigenvalue weighted by atomic mass is 10.1. The average Bonchev–Trinajstić information content (AvgIpc) is 2.13. The maximum Gasteiger partial charge on any atom is 0.407 e. The highest BCUT2D eigenvalue weighted by atomic mass is 19.3. The third-order valence-corrected chi connectivity index (χ3v) is 2.27. The molecule has 0 aromatic carbocycles. The summed E-state index contributed by atoms with van der Waals surface area (Å²) in [5.74, 6) is -2.84. The molecule has 0 aliphatic heterocycles. The number of amides is 1. The SMILES string of the molecule is CC(N)C(F)(F)CCCCNC(=O)OC(C)(C)C. The Labute approximate surface area is 107 Å². The standard InChI is InChI=1S/C12H24F2N2O2/c1-9(15)12(13,14)7-5-6-8-16-10(17)18-11(2,3)4/h9H,5-8,15H2,1-4H3,(H,16,17). The fraction of sp³-hybridized carbons (Fsp3) is 0.917. The lowest BCUT2D eigenvalue weighted by molar-refractivity contribution is -0.0297. The van der Waals surface area contributed by atoms with E-state index in [9.17, 15) is 13.6 Å². The Balaban J connectivity index is 3.67. The molecular weight excluding hydrogens is 242 g/mol. The third-order valence-electron chi connectivity index (χ3n) is 2.27. The molecule has 0 rings (SSSR count). The van der Waals surface area contributed by atoms with Gasteiger partial charge in [-0.1, -0.05) is 0 Å². The maximum absolute atomic E-state index is 13.1. The van der Waals surface area contributed by atoms with E-state index in [0.29, 0.717) is 19.4 Å². The molecule has 0 aromatic rings. The van der Waals surface area contributed by atoms with Gasteiger partial charge in [0.1, 0.15) is 5.60 Å². The Kier molecular flexibility index (Phi) is 6.52. The summed E-state index contributed by atoms with van der Waals surface area (Å²) in [4.78, 5) is 11.2. The highest BCUT2D eigenvalue weighted by Gasteiger charge is 2.32. The molecule has 0 radical (unpaired) electrons. The number of alkyl halides is 2. The first kappa shape index (κ1) is 17.1. The molecule has 4 nitrogen and oxygen atoms in total. The van der Waals surface area contributed by atoms with Crippen LogP contribution in [-0.2, 0) is 4.74 Å². The molecule has 0 aromatic heterocycles. The average molecular weight is 266 g/mol. The summed E-state index contributed by atoms with van der Waals surface area (Å²) >= 11 is 0. The lowest BCUT2D eigenvalue weighted by Gasteiger charge is -2.21. The van der Waals surface area contributed by atoms with Crippen LogP contribution < -0.4 is 11.1 Å². The van der Waals surface area contributed by atoms with Crippen LogP contribution in [-0.4, -0.2) is 30.2 Å². The van der Waals surface area contributed by atoms with Crippen LogP contribution in [0.15, 0.2) is 0 Å². The molecule has 1 atom stereocenters. The molecule has 0 saturated carbocycles. The molecule has 0 spiro atoms. The second kappa shape index (κ2) is 6.87. The van der Waals surface area contributed by atoms with Gasteiger partial charge in [-0.15, -0.1) is 0 Å². The normalized spacial score (nSPS) is 14.2. The number of halogens is 2. The maximum atomic E-state index is 13.1. The van der Waals surface area contributed by atoms with E-state index in [1.54, 1.807) is 20.8 Å². The van der Waals surface area contributed by atoms with Gasteiger partial charge in [0.25, 0.3) is 5.92 Å². The fourth-order valence-electron chi connectivity index (χ4n) is 1.22. The largest absolute Gasteiger partial charge is 0.444 e. The predicted molar refractivity (Wildman–Crippen MR) is 66.7 cm³/mol. The topological polar surface area (TPSA) is 64.3 Å². The van der Waals surface area contributed by atoms with Crippen LogP contribution in [0.4, 0.5) is 13.6 Å². The van der Waals surface area contributed by atoms with Crippen LogP contribution in [0.2, 0.25) is 0 Å². The van der Waals surface area contributed by atoms with Crippen molar-refractivity contribution in [3.05, 3.63) is 0 Å². The molecule has 3 N–H and O–H groups in total. The number of rotatable bonds is 6. The Morgan fingerprint density at radius 3 is 2.33 bits per heavy atom. The Morgan fingerprint density at radius 1 is 1.33 bits per heavy atom. The second-order valence-electron chi connectivity index (χ2n) is 5.44. The van der Waals surface area contributed by atoms with Gasteiger partial charge in [-0.05, 0) is 40.5 Å². The number of carbonyl (C=O) groups is 1. The van der Waals surface area contributed by atoms with E-state index in [4.69, 9.17) is 10.5 Å². The number of unbranched alkanes of at least 4 members (excludes halogenated alkanes) is 1. The zero-order valence-electron chi connectivity index (χ0n) is 11.6. The van der Waals surface area contributed by atoms with Gasteiger partial charge >= 0.3 is 6.09 Å². The highest BCUT2D eigenvalue weighted by molar-refractivity contribution is 5.67. The van der Waals surface area contributed by atoms with Gasteiger partial charge in [-0.2, -0.15) is 0 Å². The minimum atomic E-state index is -2.84. The lowest BCUT2D eigenvalue weighted by Crippen LogP contribution is -2.38. The molecule has 0 bridgehead atoms. The van der Waals surface area contributed by atoms with Crippen molar-refractivity contribution in [2.75, 3.05) is 6.54 Å². The number of hydrogen-bond acceptors (Lipinski definition) is 3. The molecule has 0 heterocycles. The number of nitrogens with two attached hydrogens (primary N) is 1. The summed E-state index contributed by atoms with van der Waals surface area (Å²) in [6.07, 6.45) is -0.00604. The first-order valence-corrected chi connectivity index (χ1v) is 6.15. The number of nitrogens with one attached hydrogen (secondary N) is 1. The highest BCUT2D eigenvalue weighted by Crippen LogP contribution is 2.23. The Hall–Kier alpha value is -0.910. The van der Waals surface area contributed by atoms with Gasteiger partial charge in [-0.25, -0.2) is 13.6 Å². The summed E-state index contributed by atoms with van der Waals surface area (Å²) in [7, 11) is 0. The summed E-state index contributed by atoms with van der Waals surface area (Å²) in [6.45, 7) is 6.89. The van der Waals surface area contributed by atoms with Gasteiger partial charge in [0.15, 0.2) is 0 Å². The first-order chi connectivity index (χ1) is 8.04. The van der Waals surface area contributed by atoms with Crippen LogP contribution in [0.25, 0.3) is 0 Å². The van der Waals surface area contributed by atoms with Crippen molar-refractivity contribution in [3.8, 4) is 0 Å². The predicted octanol–water partition coefficient (Wildman–Crippen LogP) is 2.66. The summed E-state index contributed by atoms with van der Waals surface area (Å²) in [5, 5.41) is 2.52. The Morgan fingerprint density at radius 2 is 1.89 bits per heavy atom. The minimum Gasteiger partial charge on any atom is -0.444 e. The van der Waals surface area contributed by atoms with E-state index >= 15 is 0 Å². The molecule has 0 saturated heterocycles. The first-order valence-electron chi connectivity index (χ1n) is 6.15. The van der Waals surface area contributed by atoms with Crippen LogP contribution in [0.5, 0.6) is 0 Å². The van der Waals surface area contributed by atoms with Gasteiger partial charge < -0.3 is 15.8 Å². The quantitative estimate of drug-likeness (QED) is 0.726. The monoisotopic (exact) mass is 266 g/mol. The molecule has 108 valence electrons. The summed E-state index contributed by atoms with van der Waals surface area (Å²) < 4.78 is 31.2. The van der Waals surface area contributed by atoms with Crippen molar-refractivity contribution in [1.82, 2.24) is 5.32 Å². The number of carbonyl (C=O) groups excluding carboxylic acids is 1. The smallest absolute Gasteiger partial charge is 0.407 e. The number of hydrogen-bond donors (Lipinski definition) is 2. The van der Waals surface area contributed by atoms with E-state index in [0.717, 1.165) is 0 Å². The van der Waals surface area contributed by atoms with Crippen LogP contribution in [0.1, 0.15) is 47.0 Å². The molecule has 0 fully saturated rings. The van der Waals surface area contributed by atoms with Crippen molar-refractivity contribution in [2.24, 2.45) is 5.73 Å². The van der Waals surface area contributed by atoms with Crippen LogP contribution in [0, 0.1) is 0 Å². The van der Waals surface area contributed by atoms with Gasteiger partial charge in [0.05, 0.1) is 6.04 Å². The molecule has 1 amide bonds. The molecule has 0 aliphatic rings. The van der Waals surface area contributed by atoms with Crippen molar-refractivity contribution in [3.63, 3.8) is 0 Å².